The number of carbonyl (C=O) groups is 2. The summed E-state index contributed by atoms with van der Waals surface area (Å²) in [7, 11) is 0. The molecule has 4 aromatic rings. The highest BCUT2D eigenvalue weighted by Gasteiger charge is 2.14. The van der Waals surface area contributed by atoms with Gasteiger partial charge in [0, 0.05) is 16.6 Å². The first-order chi connectivity index (χ1) is 14.6. The number of nitrogens with zero attached hydrogens (tertiary/aromatic N) is 2. The average Bonchev–Trinajstić information content (AvgIpc) is 3.25. The Balaban J connectivity index is 1.54. The maximum absolute atomic E-state index is 12.9. The second-order valence-electron chi connectivity index (χ2n) is 6.56. The van der Waals surface area contributed by atoms with Gasteiger partial charge in [-0.15, -0.1) is 10.2 Å². The Bertz CT molecular complexity index is 1210. The zero-order valence-electron chi connectivity index (χ0n) is 16.1. The molecule has 2 amide bonds. The molecule has 30 heavy (non-hydrogen) atoms. The Kier molecular flexibility index (Phi) is 5.67. The van der Waals surface area contributed by atoms with Crippen LogP contribution < -0.4 is 15.4 Å². The Labute approximate surface area is 176 Å². The molecule has 1 aromatic heterocycles. The lowest BCUT2D eigenvalue weighted by Crippen LogP contribution is -2.20. The SMILES string of the molecule is Cc1cccc(NC(=O)c2ccc(OCC(=O)Nc3nncs3)c3ccccc23)c1. The maximum atomic E-state index is 12.9. The van der Waals surface area contributed by atoms with Gasteiger partial charge in [0.2, 0.25) is 5.13 Å². The van der Waals surface area contributed by atoms with Gasteiger partial charge in [0.1, 0.15) is 11.3 Å². The molecule has 3 aromatic carbocycles. The topological polar surface area (TPSA) is 93.2 Å². The van der Waals surface area contributed by atoms with E-state index in [1.807, 2.05) is 55.5 Å². The van der Waals surface area contributed by atoms with Gasteiger partial charge in [0.15, 0.2) is 6.61 Å². The third-order valence-corrected chi connectivity index (χ3v) is 4.98. The average molecular weight is 418 g/mol. The summed E-state index contributed by atoms with van der Waals surface area (Å²) in [5.74, 6) is -0.0282. The number of ether oxygens (including phenoxy) is 1. The van der Waals surface area contributed by atoms with Crippen LogP contribution in [0.5, 0.6) is 5.75 Å². The third kappa shape index (κ3) is 4.44. The molecular weight excluding hydrogens is 400 g/mol. The minimum atomic E-state index is -0.336. The van der Waals surface area contributed by atoms with Crippen LogP contribution in [0.15, 0.2) is 66.2 Å². The van der Waals surface area contributed by atoms with E-state index >= 15 is 0 Å². The van der Waals surface area contributed by atoms with Crippen molar-refractivity contribution in [1.29, 1.82) is 0 Å². The summed E-state index contributed by atoms with van der Waals surface area (Å²) in [6, 6.07) is 18.5. The molecule has 0 saturated carbocycles. The smallest absolute Gasteiger partial charge is 0.264 e. The number of fused-ring (bicyclic) bond motifs is 1. The number of benzene rings is 3. The first-order valence-electron chi connectivity index (χ1n) is 9.19. The van der Waals surface area contributed by atoms with E-state index in [-0.39, 0.29) is 18.4 Å². The number of anilines is 2. The van der Waals surface area contributed by atoms with Gasteiger partial charge in [-0.25, -0.2) is 0 Å². The van der Waals surface area contributed by atoms with Crippen molar-refractivity contribution in [2.45, 2.75) is 6.92 Å². The summed E-state index contributed by atoms with van der Waals surface area (Å²) >= 11 is 1.23. The molecule has 0 aliphatic rings. The van der Waals surface area contributed by atoms with Crippen molar-refractivity contribution in [2.75, 3.05) is 17.2 Å². The van der Waals surface area contributed by atoms with E-state index < -0.39 is 0 Å². The fourth-order valence-corrected chi connectivity index (χ4v) is 3.50. The molecule has 150 valence electrons. The Morgan fingerprint density at radius 3 is 2.60 bits per heavy atom. The van der Waals surface area contributed by atoms with E-state index in [2.05, 4.69) is 20.8 Å². The molecule has 0 fully saturated rings. The van der Waals surface area contributed by atoms with Crippen LogP contribution in [0.3, 0.4) is 0 Å². The first-order valence-corrected chi connectivity index (χ1v) is 10.1. The second kappa shape index (κ2) is 8.71. The number of rotatable bonds is 6. The fourth-order valence-electron chi connectivity index (χ4n) is 3.04. The summed E-state index contributed by atoms with van der Waals surface area (Å²) in [5, 5.41) is 14.9. The lowest BCUT2D eigenvalue weighted by Gasteiger charge is -2.13. The Morgan fingerprint density at radius 1 is 1.00 bits per heavy atom. The van der Waals surface area contributed by atoms with Crippen LogP contribution in [0.25, 0.3) is 10.8 Å². The zero-order chi connectivity index (χ0) is 20.9. The van der Waals surface area contributed by atoms with Gasteiger partial charge in [0.25, 0.3) is 11.8 Å². The van der Waals surface area contributed by atoms with Crippen LogP contribution in [0.4, 0.5) is 10.8 Å². The molecule has 0 aliphatic carbocycles. The van der Waals surface area contributed by atoms with Crippen LogP contribution in [0, 0.1) is 6.92 Å². The van der Waals surface area contributed by atoms with E-state index in [4.69, 9.17) is 4.74 Å². The molecule has 0 unspecified atom stereocenters. The number of hydrogen-bond donors (Lipinski definition) is 2. The third-order valence-electron chi connectivity index (χ3n) is 4.37. The van der Waals surface area contributed by atoms with E-state index in [9.17, 15) is 9.59 Å². The van der Waals surface area contributed by atoms with Gasteiger partial charge in [0.05, 0.1) is 0 Å². The molecule has 7 nitrogen and oxygen atoms in total. The van der Waals surface area contributed by atoms with E-state index in [0.717, 1.165) is 22.0 Å². The van der Waals surface area contributed by atoms with Crippen molar-refractivity contribution in [3.8, 4) is 5.75 Å². The van der Waals surface area contributed by atoms with Crippen molar-refractivity contribution in [1.82, 2.24) is 10.2 Å². The highest BCUT2D eigenvalue weighted by atomic mass is 32.1. The van der Waals surface area contributed by atoms with Crippen LogP contribution >= 0.6 is 11.3 Å². The number of amides is 2. The van der Waals surface area contributed by atoms with E-state index in [1.54, 1.807) is 12.1 Å². The highest BCUT2D eigenvalue weighted by molar-refractivity contribution is 7.13. The quantitative estimate of drug-likeness (QED) is 0.488. The van der Waals surface area contributed by atoms with Crippen molar-refractivity contribution in [3.63, 3.8) is 0 Å². The standard InChI is InChI=1S/C22H18N4O3S/c1-14-5-4-6-15(11-14)24-21(28)18-9-10-19(17-8-3-2-7-16(17)18)29-12-20(27)25-22-26-23-13-30-22/h2-11,13H,12H2,1H3,(H,24,28)(H,25,26,27). The molecule has 2 N–H and O–H groups in total. The molecule has 0 spiro atoms. The molecule has 0 saturated heterocycles. The van der Waals surface area contributed by atoms with Crippen molar-refractivity contribution >= 4 is 44.7 Å². The maximum Gasteiger partial charge on any atom is 0.264 e. The monoisotopic (exact) mass is 418 g/mol. The van der Waals surface area contributed by atoms with Crippen molar-refractivity contribution < 1.29 is 14.3 Å². The Hall–Kier alpha value is -3.78. The normalized spacial score (nSPS) is 10.6. The van der Waals surface area contributed by atoms with Gasteiger partial charge >= 0.3 is 0 Å². The van der Waals surface area contributed by atoms with Crippen molar-refractivity contribution in [3.05, 3.63) is 77.3 Å². The molecule has 0 aliphatic heterocycles. The summed E-state index contributed by atoms with van der Waals surface area (Å²) in [5.41, 5.74) is 3.86. The molecule has 0 radical (unpaired) electrons. The molecular formula is C22H18N4O3S. The number of aromatic nitrogens is 2. The molecule has 0 bridgehead atoms. The molecule has 1 heterocycles. The predicted molar refractivity (Wildman–Crippen MR) is 117 cm³/mol. The largest absolute Gasteiger partial charge is 0.483 e. The Morgan fingerprint density at radius 2 is 1.83 bits per heavy atom. The summed E-state index contributed by atoms with van der Waals surface area (Å²) in [6.07, 6.45) is 0. The molecule has 8 heteroatoms. The summed E-state index contributed by atoms with van der Waals surface area (Å²) in [4.78, 5) is 24.9. The van der Waals surface area contributed by atoms with Crippen LogP contribution in [-0.4, -0.2) is 28.6 Å². The lowest BCUT2D eigenvalue weighted by molar-refractivity contribution is -0.118. The summed E-state index contributed by atoms with van der Waals surface area (Å²) < 4.78 is 5.71. The number of hydrogen-bond acceptors (Lipinski definition) is 6. The first kappa shape index (κ1) is 19.5. The zero-order valence-corrected chi connectivity index (χ0v) is 16.9. The minimum absolute atomic E-state index is 0.182. The molecule has 0 atom stereocenters. The lowest BCUT2D eigenvalue weighted by atomic mass is 10.0. The van der Waals surface area contributed by atoms with Gasteiger partial charge in [-0.05, 0) is 42.1 Å². The van der Waals surface area contributed by atoms with Gasteiger partial charge < -0.3 is 10.1 Å². The highest BCUT2D eigenvalue weighted by Crippen LogP contribution is 2.29. The molecule has 4 rings (SSSR count). The fraction of sp³-hybridized carbons (Fsp3) is 0.0909. The predicted octanol–water partition coefficient (Wildman–Crippen LogP) is 4.27. The van der Waals surface area contributed by atoms with Gasteiger partial charge in [-0.3, -0.25) is 14.9 Å². The van der Waals surface area contributed by atoms with Gasteiger partial charge in [-0.2, -0.15) is 0 Å². The van der Waals surface area contributed by atoms with E-state index in [1.165, 1.54) is 16.8 Å². The van der Waals surface area contributed by atoms with E-state index in [0.29, 0.717) is 16.4 Å². The number of carbonyl (C=O) groups excluding carboxylic acids is 2. The van der Waals surface area contributed by atoms with Crippen LogP contribution in [0.2, 0.25) is 0 Å². The minimum Gasteiger partial charge on any atom is -0.483 e. The van der Waals surface area contributed by atoms with Gasteiger partial charge in [-0.1, -0.05) is 47.7 Å². The summed E-state index contributed by atoms with van der Waals surface area (Å²) in [6.45, 7) is 1.79. The number of nitrogens with one attached hydrogen (secondary N) is 2. The van der Waals surface area contributed by atoms with Crippen LogP contribution in [0.1, 0.15) is 15.9 Å². The van der Waals surface area contributed by atoms with Crippen LogP contribution in [-0.2, 0) is 4.79 Å². The number of aryl methyl sites for hydroxylation is 1. The second-order valence-corrected chi connectivity index (χ2v) is 7.39. The van der Waals surface area contributed by atoms with Crippen molar-refractivity contribution in [2.24, 2.45) is 0 Å².